The van der Waals surface area contributed by atoms with E-state index in [1.165, 1.54) is 0 Å². The van der Waals surface area contributed by atoms with Crippen LogP contribution in [0.4, 0.5) is 5.82 Å². The van der Waals surface area contributed by atoms with Gasteiger partial charge >= 0.3 is 0 Å². The van der Waals surface area contributed by atoms with Gasteiger partial charge in [0.15, 0.2) is 11.5 Å². The lowest BCUT2D eigenvalue weighted by atomic mass is 10.2. The molecule has 0 bridgehead atoms. The van der Waals surface area contributed by atoms with Gasteiger partial charge in [-0.25, -0.2) is 4.68 Å². The summed E-state index contributed by atoms with van der Waals surface area (Å²) in [5.74, 6) is 1.81. The summed E-state index contributed by atoms with van der Waals surface area (Å²) in [6.07, 6.45) is 1.66. The number of carbonyl (C=O) groups is 1. The zero-order valence-corrected chi connectivity index (χ0v) is 16.0. The summed E-state index contributed by atoms with van der Waals surface area (Å²) >= 11 is 1.61. The molecule has 1 aromatic carbocycles. The standard InChI is InChI=1S/C19H21N3O3S/c1-12-10-15(13(2)26-12)19(23)21-17-8-9-20-22(17)11-14-6-5-7-16(24-3)18(14)25-4/h5-10H,11H2,1-4H3,(H,21,23). The summed E-state index contributed by atoms with van der Waals surface area (Å²) in [4.78, 5) is 14.7. The van der Waals surface area contributed by atoms with Gasteiger partial charge in [0.1, 0.15) is 5.82 Å². The van der Waals surface area contributed by atoms with E-state index in [4.69, 9.17) is 9.47 Å². The number of thiophene rings is 1. The maximum atomic E-state index is 12.6. The molecule has 0 saturated heterocycles. The average Bonchev–Trinajstić information content (AvgIpc) is 3.20. The lowest BCUT2D eigenvalue weighted by Crippen LogP contribution is -2.16. The molecular formula is C19H21N3O3S. The molecule has 0 aliphatic heterocycles. The predicted octanol–water partition coefficient (Wildman–Crippen LogP) is 3.88. The molecule has 0 spiro atoms. The van der Waals surface area contributed by atoms with Crippen LogP contribution in [0.3, 0.4) is 0 Å². The van der Waals surface area contributed by atoms with Gasteiger partial charge in [-0.2, -0.15) is 5.10 Å². The number of aryl methyl sites for hydroxylation is 2. The van der Waals surface area contributed by atoms with Gasteiger partial charge in [0.25, 0.3) is 5.91 Å². The highest BCUT2D eigenvalue weighted by Gasteiger charge is 2.16. The summed E-state index contributed by atoms with van der Waals surface area (Å²) in [5, 5.41) is 7.27. The van der Waals surface area contributed by atoms with E-state index in [1.54, 1.807) is 42.5 Å². The number of benzene rings is 1. The molecule has 0 radical (unpaired) electrons. The second-order valence-corrected chi connectivity index (χ2v) is 7.27. The van der Waals surface area contributed by atoms with Crippen LogP contribution in [0.1, 0.15) is 25.7 Å². The van der Waals surface area contributed by atoms with Crippen molar-refractivity contribution in [1.82, 2.24) is 9.78 Å². The van der Waals surface area contributed by atoms with E-state index < -0.39 is 0 Å². The topological polar surface area (TPSA) is 65.4 Å². The molecule has 3 rings (SSSR count). The molecule has 7 heteroatoms. The van der Waals surface area contributed by atoms with Crippen molar-refractivity contribution < 1.29 is 14.3 Å². The third-order valence-electron chi connectivity index (χ3n) is 4.05. The average molecular weight is 371 g/mol. The van der Waals surface area contributed by atoms with Crippen LogP contribution in [0.15, 0.2) is 36.5 Å². The van der Waals surface area contributed by atoms with Gasteiger partial charge in [-0.05, 0) is 26.0 Å². The molecule has 136 valence electrons. The third-order valence-corrected chi connectivity index (χ3v) is 5.01. The summed E-state index contributed by atoms with van der Waals surface area (Å²) in [6, 6.07) is 9.37. The first-order chi connectivity index (χ1) is 12.5. The predicted molar refractivity (Wildman–Crippen MR) is 103 cm³/mol. The molecule has 0 aliphatic carbocycles. The summed E-state index contributed by atoms with van der Waals surface area (Å²) in [7, 11) is 3.21. The third kappa shape index (κ3) is 3.57. The van der Waals surface area contributed by atoms with Gasteiger partial charge in [-0.1, -0.05) is 12.1 Å². The van der Waals surface area contributed by atoms with Crippen LogP contribution < -0.4 is 14.8 Å². The molecule has 0 saturated carbocycles. The Labute approximate surface area is 156 Å². The first-order valence-corrected chi connectivity index (χ1v) is 8.95. The number of hydrogen-bond donors (Lipinski definition) is 1. The van der Waals surface area contributed by atoms with E-state index in [0.717, 1.165) is 15.3 Å². The molecule has 2 aromatic heterocycles. The molecule has 26 heavy (non-hydrogen) atoms. The van der Waals surface area contributed by atoms with Crippen LogP contribution in [0.2, 0.25) is 0 Å². The Morgan fingerprint density at radius 3 is 2.69 bits per heavy atom. The smallest absolute Gasteiger partial charge is 0.257 e. The number of amides is 1. The number of anilines is 1. The van der Waals surface area contributed by atoms with Crippen molar-refractivity contribution in [2.75, 3.05) is 19.5 Å². The number of para-hydroxylation sites is 1. The van der Waals surface area contributed by atoms with Gasteiger partial charge < -0.3 is 14.8 Å². The Morgan fingerprint density at radius 1 is 1.23 bits per heavy atom. The summed E-state index contributed by atoms with van der Waals surface area (Å²) in [5.41, 5.74) is 1.60. The van der Waals surface area contributed by atoms with Crippen LogP contribution >= 0.6 is 11.3 Å². The number of nitrogens with zero attached hydrogens (tertiary/aromatic N) is 2. The summed E-state index contributed by atoms with van der Waals surface area (Å²) in [6.45, 7) is 4.39. The lowest BCUT2D eigenvalue weighted by Gasteiger charge is -2.14. The second-order valence-electron chi connectivity index (χ2n) is 5.81. The van der Waals surface area contributed by atoms with Crippen molar-refractivity contribution >= 4 is 23.1 Å². The largest absolute Gasteiger partial charge is 0.493 e. The molecule has 1 N–H and O–H groups in total. The number of nitrogens with one attached hydrogen (secondary N) is 1. The second kappa shape index (κ2) is 7.61. The van der Waals surface area contributed by atoms with E-state index in [-0.39, 0.29) is 5.91 Å². The van der Waals surface area contributed by atoms with Crippen molar-refractivity contribution in [3.63, 3.8) is 0 Å². The fourth-order valence-electron chi connectivity index (χ4n) is 2.84. The van der Waals surface area contributed by atoms with Crippen LogP contribution in [0, 0.1) is 13.8 Å². The Hall–Kier alpha value is -2.80. The highest BCUT2D eigenvalue weighted by atomic mass is 32.1. The zero-order chi connectivity index (χ0) is 18.7. The Balaban J connectivity index is 1.84. The van der Waals surface area contributed by atoms with E-state index in [9.17, 15) is 4.79 Å². The minimum absolute atomic E-state index is 0.133. The highest BCUT2D eigenvalue weighted by molar-refractivity contribution is 7.12. The van der Waals surface area contributed by atoms with Gasteiger partial charge in [0.05, 0.1) is 32.5 Å². The molecule has 1 amide bonds. The van der Waals surface area contributed by atoms with Crippen molar-refractivity contribution in [2.45, 2.75) is 20.4 Å². The van der Waals surface area contributed by atoms with E-state index in [2.05, 4.69) is 10.4 Å². The molecule has 0 aliphatic rings. The number of rotatable bonds is 6. The van der Waals surface area contributed by atoms with E-state index >= 15 is 0 Å². The van der Waals surface area contributed by atoms with Crippen LogP contribution in [0.5, 0.6) is 11.5 Å². The fourth-order valence-corrected chi connectivity index (χ4v) is 3.77. The van der Waals surface area contributed by atoms with E-state index in [1.807, 2.05) is 38.1 Å². The van der Waals surface area contributed by atoms with Crippen molar-refractivity contribution in [3.05, 3.63) is 57.4 Å². The molecule has 0 fully saturated rings. The lowest BCUT2D eigenvalue weighted by molar-refractivity contribution is 0.102. The fraction of sp³-hybridized carbons (Fsp3) is 0.263. The van der Waals surface area contributed by atoms with Gasteiger partial charge in [-0.3, -0.25) is 4.79 Å². The molecular weight excluding hydrogens is 350 g/mol. The maximum Gasteiger partial charge on any atom is 0.257 e. The molecule has 2 heterocycles. The van der Waals surface area contributed by atoms with Crippen LogP contribution in [-0.2, 0) is 6.54 Å². The summed E-state index contributed by atoms with van der Waals surface area (Å²) < 4.78 is 12.5. The Morgan fingerprint density at radius 2 is 2.04 bits per heavy atom. The minimum Gasteiger partial charge on any atom is -0.493 e. The molecule has 0 atom stereocenters. The molecule has 0 unspecified atom stereocenters. The molecule has 3 aromatic rings. The van der Waals surface area contributed by atoms with Crippen molar-refractivity contribution in [1.29, 1.82) is 0 Å². The SMILES string of the molecule is COc1cccc(Cn2nccc2NC(=O)c2cc(C)sc2C)c1OC. The zero-order valence-electron chi connectivity index (χ0n) is 15.2. The van der Waals surface area contributed by atoms with Gasteiger partial charge in [-0.15, -0.1) is 11.3 Å². The van der Waals surface area contributed by atoms with Crippen molar-refractivity contribution in [3.8, 4) is 11.5 Å². The van der Waals surface area contributed by atoms with Crippen LogP contribution in [-0.4, -0.2) is 29.9 Å². The Kier molecular flexibility index (Phi) is 5.27. The normalized spacial score (nSPS) is 10.6. The van der Waals surface area contributed by atoms with Gasteiger partial charge in [0.2, 0.25) is 0 Å². The number of methoxy groups -OCH3 is 2. The minimum atomic E-state index is -0.133. The maximum absolute atomic E-state index is 12.6. The molecule has 6 nitrogen and oxygen atoms in total. The number of carbonyl (C=O) groups excluding carboxylic acids is 1. The highest BCUT2D eigenvalue weighted by Crippen LogP contribution is 2.31. The monoisotopic (exact) mass is 371 g/mol. The number of aromatic nitrogens is 2. The number of ether oxygens (including phenoxy) is 2. The first-order valence-electron chi connectivity index (χ1n) is 8.13. The van der Waals surface area contributed by atoms with E-state index in [0.29, 0.717) is 29.4 Å². The number of hydrogen-bond acceptors (Lipinski definition) is 5. The van der Waals surface area contributed by atoms with Crippen molar-refractivity contribution in [2.24, 2.45) is 0 Å². The quantitative estimate of drug-likeness (QED) is 0.714. The first kappa shape index (κ1) is 18.0. The van der Waals surface area contributed by atoms with Crippen LogP contribution in [0.25, 0.3) is 0 Å². The van der Waals surface area contributed by atoms with Gasteiger partial charge in [0, 0.05) is 21.4 Å². The Bertz CT molecular complexity index is 930.